The van der Waals surface area contributed by atoms with E-state index in [1.807, 2.05) is 0 Å². The lowest BCUT2D eigenvalue weighted by atomic mass is 9.63. The number of rotatable bonds is 16. The van der Waals surface area contributed by atoms with Gasteiger partial charge in [-0.25, -0.2) is 0 Å². The zero-order chi connectivity index (χ0) is 20.8. The Hall–Kier alpha value is -0.530. The van der Waals surface area contributed by atoms with Crippen LogP contribution in [0.25, 0.3) is 0 Å². The third-order valence-corrected chi connectivity index (χ3v) is 7.32. The van der Waals surface area contributed by atoms with Crippen molar-refractivity contribution >= 4 is 5.97 Å². The summed E-state index contributed by atoms with van der Waals surface area (Å²) in [7, 11) is 0. The molecule has 1 saturated carbocycles. The minimum Gasteiger partial charge on any atom is -0.481 e. The van der Waals surface area contributed by atoms with Crippen molar-refractivity contribution < 1.29 is 9.90 Å². The van der Waals surface area contributed by atoms with Gasteiger partial charge in [-0.15, -0.1) is 0 Å². The van der Waals surface area contributed by atoms with E-state index in [0.29, 0.717) is 6.42 Å². The van der Waals surface area contributed by atoms with Crippen molar-refractivity contribution in [2.24, 2.45) is 29.6 Å². The van der Waals surface area contributed by atoms with Crippen molar-refractivity contribution in [1.82, 2.24) is 0 Å². The Bertz CT molecular complexity index is 390. The number of hydrogen-bond acceptors (Lipinski definition) is 1. The molecule has 1 aliphatic rings. The maximum absolute atomic E-state index is 10.8. The van der Waals surface area contributed by atoms with E-state index in [1.54, 1.807) is 0 Å². The summed E-state index contributed by atoms with van der Waals surface area (Å²) in [6, 6.07) is 0. The summed E-state index contributed by atoms with van der Waals surface area (Å²) in [5.74, 6) is 3.74. The Labute approximate surface area is 176 Å². The molecule has 0 heterocycles. The Morgan fingerprint density at radius 1 is 0.857 bits per heavy atom. The lowest BCUT2D eigenvalue weighted by molar-refractivity contribution is -0.137. The molecule has 2 nitrogen and oxygen atoms in total. The largest absolute Gasteiger partial charge is 0.481 e. The molecule has 1 fully saturated rings. The third-order valence-electron chi connectivity index (χ3n) is 7.32. The third kappa shape index (κ3) is 10.9. The molecule has 166 valence electrons. The highest BCUT2D eigenvalue weighted by molar-refractivity contribution is 5.66. The Kier molecular flexibility index (Phi) is 14.0. The number of aliphatic carboxylic acids is 1. The van der Waals surface area contributed by atoms with Crippen LogP contribution < -0.4 is 0 Å². The Morgan fingerprint density at radius 3 is 2.00 bits per heavy atom. The van der Waals surface area contributed by atoms with Crippen molar-refractivity contribution in [3.05, 3.63) is 0 Å². The van der Waals surface area contributed by atoms with Gasteiger partial charge in [0.15, 0.2) is 0 Å². The molecule has 0 spiro atoms. The fourth-order valence-corrected chi connectivity index (χ4v) is 5.61. The smallest absolute Gasteiger partial charge is 0.303 e. The molecule has 0 radical (unpaired) electrons. The number of hydrogen-bond donors (Lipinski definition) is 1. The van der Waals surface area contributed by atoms with Gasteiger partial charge in [-0.3, -0.25) is 4.79 Å². The van der Waals surface area contributed by atoms with Gasteiger partial charge in [0.2, 0.25) is 0 Å². The summed E-state index contributed by atoms with van der Waals surface area (Å²) in [6.07, 6.45) is 20.3. The first-order valence-corrected chi connectivity index (χ1v) is 12.7. The van der Waals surface area contributed by atoms with Crippen LogP contribution in [0.1, 0.15) is 130 Å². The molecule has 2 heteroatoms. The molecule has 0 amide bonds. The molecule has 1 rings (SSSR count). The monoisotopic (exact) mass is 394 g/mol. The van der Waals surface area contributed by atoms with Crippen LogP contribution in [0.4, 0.5) is 0 Å². The van der Waals surface area contributed by atoms with Crippen LogP contribution in [-0.4, -0.2) is 11.1 Å². The van der Waals surface area contributed by atoms with Gasteiger partial charge in [-0.05, 0) is 48.9 Å². The SMILES string of the molecule is CCCCCCCCCC(CCCCCC(=O)O)C1CC(C)CCC1C(C)C. The van der Waals surface area contributed by atoms with Crippen LogP contribution in [0.3, 0.4) is 0 Å². The molecule has 28 heavy (non-hydrogen) atoms. The molecule has 0 aliphatic heterocycles. The number of unbranched alkanes of at least 4 members (excludes halogenated alkanes) is 8. The van der Waals surface area contributed by atoms with Gasteiger partial charge in [0.1, 0.15) is 0 Å². The number of carboxylic acid groups (broad SMARTS) is 1. The summed E-state index contributed by atoms with van der Waals surface area (Å²) < 4.78 is 0. The molecular weight excluding hydrogens is 344 g/mol. The van der Waals surface area contributed by atoms with Gasteiger partial charge in [0.25, 0.3) is 0 Å². The van der Waals surface area contributed by atoms with Crippen LogP contribution in [0.2, 0.25) is 0 Å². The van der Waals surface area contributed by atoms with Crippen LogP contribution in [-0.2, 0) is 4.79 Å². The average Bonchev–Trinajstić information content (AvgIpc) is 2.64. The van der Waals surface area contributed by atoms with Crippen LogP contribution in [0.5, 0.6) is 0 Å². The molecule has 4 atom stereocenters. The van der Waals surface area contributed by atoms with E-state index in [4.69, 9.17) is 5.11 Å². The number of carbonyl (C=O) groups is 1. The molecule has 1 N–H and O–H groups in total. The summed E-state index contributed by atoms with van der Waals surface area (Å²) in [5, 5.41) is 8.87. The predicted octanol–water partition coefficient (Wildman–Crippen LogP) is 8.49. The Balaban J connectivity index is 2.51. The predicted molar refractivity (Wildman–Crippen MR) is 122 cm³/mol. The topological polar surface area (TPSA) is 37.3 Å². The minimum atomic E-state index is -0.638. The van der Waals surface area contributed by atoms with Crippen molar-refractivity contribution in [3.63, 3.8) is 0 Å². The quantitative estimate of drug-likeness (QED) is 0.266. The van der Waals surface area contributed by atoms with Crippen LogP contribution >= 0.6 is 0 Å². The van der Waals surface area contributed by atoms with Crippen molar-refractivity contribution in [2.75, 3.05) is 0 Å². The van der Waals surface area contributed by atoms with E-state index < -0.39 is 5.97 Å². The van der Waals surface area contributed by atoms with E-state index in [0.717, 1.165) is 42.4 Å². The number of carboxylic acids is 1. The van der Waals surface area contributed by atoms with Gasteiger partial charge in [0, 0.05) is 6.42 Å². The maximum atomic E-state index is 10.8. The second-order valence-electron chi connectivity index (χ2n) is 10.2. The molecule has 0 saturated heterocycles. The van der Waals surface area contributed by atoms with Crippen LogP contribution in [0, 0.1) is 29.6 Å². The van der Waals surface area contributed by atoms with Gasteiger partial charge in [-0.1, -0.05) is 105 Å². The molecule has 0 aromatic rings. The molecule has 0 aromatic heterocycles. The first-order chi connectivity index (χ1) is 13.5. The molecule has 1 aliphatic carbocycles. The second kappa shape index (κ2) is 15.3. The fraction of sp³-hybridized carbons (Fsp3) is 0.962. The van der Waals surface area contributed by atoms with E-state index in [2.05, 4.69) is 27.7 Å². The summed E-state index contributed by atoms with van der Waals surface area (Å²) >= 11 is 0. The molecular formula is C26H50O2. The average molecular weight is 395 g/mol. The maximum Gasteiger partial charge on any atom is 0.303 e. The highest BCUT2D eigenvalue weighted by Crippen LogP contribution is 2.44. The van der Waals surface area contributed by atoms with Gasteiger partial charge < -0.3 is 5.11 Å². The zero-order valence-electron chi connectivity index (χ0n) is 19.6. The fourth-order valence-electron chi connectivity index (χ4n) is 5.61. The highest BCUT2D eigenvalue weighted by atomic mass is 16.4. The van der Waals surface area contributed by atoms with E-state index in [9.17, 15) is 4.79 Å². The minimum absolute atomic E-state index is 0.345. The highest BCUT2D eigenvalue weighted by Gasteiger charge is 2.35. The van der Waals surface area contributed by atoms with E-state index >= 15 is 0 Å². The van der Waals surface area contributed by atoms with Gasteiger partial charge in [-0.2, -0.15) is 0 Å². The van der Waals surface area contributed by atoms with E-state index in [1.165, 1.54) is 83.5 Å². The van der Waals surface area contributed by atoms with E-state index in [-0.39, 0.29) is 0 Å². The first-order valence-electron chi connectivity index (χ1n) is 12.7. The lowest BCUT2D eigenvalue weighted by Crippen LogP contribution is -2.33. The van der Waals surface area contributed by atoms with Gasteiger partial charge >= 0.3 is 5.97 Å². The standard InChI is InChI=1S/C26H50O2/c1-5-6-7-8-9-10-12-15-23(16-13-11-14-17-26(27)28)25-20-22(4)18-19-24(25)21(2)3/h21-25H,5-20H2,1-4H3,(H,27,28). The second-order valence-corrected chi connectivity index (χ2v) is 10.2. The first kappa shape index (κ1) is 25.5. The molecule has 4 unspecified atom stereocenters. The molecule has 0 aromatic carbocycles. The van der Waals surface area contributed by atoms with Crippen molar-refractivity contribution in [1.29, 1.82) is 0 Å². The summed E-state index contributed by atoms with van der Waals surface area (Å²) in [5.41, 5.74) is 0. The zero-order valence-corrected chi connectivity index (χ0v) is 19.6. The lowest BCUT2D eigenvalue weighted by Gasteiger charge is -2.42. The normalized spacial score (nSPS) is 23.8. The summed E-state index contributed by atoms with van der Waals surface area (Å²) in [4.78, 5) is 10.8. The Morgan fingerprint density at radius 2 is 1.43 bits per heavy atom. The van der Waals surface area contributed by atoms with Crippen molar-refractivity contribution in [3.8, 4) is 0 Å². The molecule has 0 bridgehead atoms. The summed E-state index contributed by atoms with van der Waals surface area (Å²) in [6.45, 7) is 9.62. The van der Waals surface area contributed by atoms with Crippen LogP contribution in [0.15, 0.2) is 0 Å². The van der Waals surface area contributed by atoms with Crippen molar-refractivity contribution in [2.45, 2.75) is 130 Å². The van der Waals surface area contributed by atoms with Gasteiger partial charge in [0.05, 0.1) is 0 Å².